The topological polar surface area (TPSA) is 57.9 Å². The zero-order valence-electron chi connectivity index (χ0n) is 20.4. The third kappa shape index (κ3) is 7.16. The van der Waals surface area contributed by atoms with E-state index in [1.165, 1.54) is 30.6 Å². The lowest BCUT2D eigenvalue weighted by atomic mass is 9.91. The second-order valence-electron chi connectivity index (χ2n) is 9.61. The van der Waals surface area contributed by atoms with Gasteiger partial charge in [0.15, 0.2) is 5.96 Å². The second kappa shape index (κ2) is 12.2. The number of aromatic nitrogens is 2. The minimum absolute atomic E-state index is 0. The summed E-state index contributed by atoms with van der Waals surface area (Å²) in [6.07, 6.45) is 5.29. The van der Waals surface area contributed by atoms with Gasteiger partial charge in [0.05, 0.1) is 19.3 Å². The molecule has 8 heteroatoms. The normalized spacial score (nSPS) is 24.4. The number of halogens is 1. The molecule has 0 radical (unpaired) electrons. The van der Waals surface area contributed by atoms with E-state index in [2.05, 4.69) is 63.3 Å². The van der Waals surface area contributed by atoms with Gasteiger partial charge in [-0.3, -0.25) is 14.6 Å². The number of hydrogen-bond acceptors (Lipinski definition) is 4. The van der Waals surface area contributed by atoms with Crippen LogP contribution < -0.4 is 5.32 Å². The molecule has 1 aromatic carbocycles. The van der Waals surface area contributed by atoms with E-state index in [1.54, 1.807) is 0 Å². The molecular weight excluding hydrogens is 527 g/mol. The summed E-state index contributed by atoms with van der Waals surface area (Å²) in [5.41, 5.74) is 3.78. The van der Waals surface area contributed by atoms with Crippen LogP contribution in [0.25, 0.3) is 0 Å². The molecule has 2 saturated heterocycles. The maximum Gasteiger partial charge on any atom is 0.194 e. The number of hydrogen-bond donors (Lipinski definition) is 1. The van der Waals surface area contributed by atoms with E-state index >= 15 is 0 Å². The number of nitrogens with zero attached hydrogens (tertiary/aromatic N) is 5. The molecule has 0 amide bonds. The Morgan fingerprint density at radius 1 is 1.12 bits per heavy atom. The predicted octanol–water partition coefficient (Wildman–Crippen LogP) is 3.66. The Kier molecular flexibility index (Phi) is 9.57. The number of likely N-dealkylation sites (tertiary alicyclic amines) is 1. The summed E-state index contributed by atoms with van der Waals surface area (Å²) in [5, 5.41) is 7.81. The third-order valence-corrected chi connectivity index (χ3v) is 6.50. The van der Waals surface area contributed by atoms with Crippen molar-refractivity contribution in [3.8, 4) is 0 Å². The monoisotopic (exact) mass is 566 g/mol. The number of piperidine rings is 1. The van der Waals surface area contributed by atoms with Gasteiger partial charge in [-0.1, -0.05) is 38.1 Å². The van der Waals surface area contributed by atoms with Crippen LogP contribution in [0.1, 0.15) is 43.1 Å². The fourth-order valence-electron chi connectivity index (χ4n) is 5.10. The molecule has 4 rings (SSSR count). The van der Waals surface area contributed by atoms with Gasteiger partial charge in [0.2, 0.25) is 0 Å². The summed E-state index contributed by atoms with van der Waals surface area (Å²) < 4.78 is 7.79. The van der Waals surface area contributed by atoms with Crippen LogP contribution in [-0.2, 0) is 24.9 Å². The summed E-state index contributed by atoms with van der Waals surface area (Å²) in [7, 11) is 3.78. The molecule has 0 bridgehead atoms. The van der Waals surface area contributed by atoms with Crippen LogP contribution in [0.15, 0.2) is 41.7 Å². The largest absolute Gasteiger partial charge is 0.370 e. The van der Waals surface area contributed by atoms with Gasteiger partial charge in [0.25, 0.3) is 0 Å². The Hall–Kier alpha value is -1.65. The summed E-state index contributed by atoms with van der Waals surface area (Å²) in [6.45, 7) is 11.3. The number of guanidine groups is 1. The van der Waals surface area contributed by atoms with Crippen molar-refractivity contribution in [3.05, 3.63) is 53.3 Å². The van der Waals surface area contributed by atoms with Crippen molar-refractivity contribution in [2.24, 2.45) is 23.9 Å². The molecular formula is C25H39IN6O. The summed E-state index contributed by atoms with van der Waals surface area (Å²) in [4.78, 5) is 9.39. The highest BCUT2D eigenvalue weighted by atomic mass is 127. The number of aryl methyl sites for hydroxylation is 1. The molecule has 33 heavy (non-hydrogen) atoms. The first-order valence-corrected chi connectivity index (χ1v) is 11.9. The second-order valence-corrected chi connectivity index (χ2v) is 9.61. The molecule has 2 aliphatic rings. The van der Waals surface area contributed by atoms with Gasteiger partial charge in [0.1, 0.15) is 6.10 Å². The average molecular weight is 567 g/mol. The van der Waals surface area contributed by atoms with E-state index in [0.29, 0.717) is 6.61 Å². The molecule has 182 valence electrons. The highest BCUT2D eigenvalue weighted by molar-refractivity contribution is 14.0. The SMILES string of the molecule is CN=C(NCc1ccc(CN2CC(C)CC(C)C2)cc1)N1CCOC(c2cnn(C)c2)C1.I. The average Bonchev–Trinajstić information content (AvgIpc) is 3.21. The zero-order valence-corrected chi connectivity index (χ0v) is 22.7. The standard InChI is InChI=1S/C25H38N6O.HI/c1-19-11-20(2)15-30(14-19)16-22-7-5-21(6-8-22)12-27-25(26-3)31-9-10-32-24(18-31)23-13-28-29(4)17-23;/h5-8,13,17,19-20,24H,9-12,14-16,18H2,1-4H3,(H,26,27);1H. The Morgan fingerprint density at radius 2 is 1.82 bits per heavy atom. The van der Waals surface area contributed by atoms with Crippen LogP contribution in [0.2, 0.25) is 0 Å². The van der Waals surface area contributed by atoms with Crippen LogP contribution in [0, 0.1) is 11.8 Å². The Labute approximate surface area is 215 Å². The number of nitrogens with one attached hydrogen (secondary N) is 1. The van der Waals surface area contributed by atoms with Crippen molar-refractivity contribution in [1.82, 2.24) is 24.9 Å². The van der Waals surface area contributed by atoms with Crippen LogP contribution in [0.5, 0.6) is 0 Å². The minimum atomic E-state index is 0. The molecule has 3 atom stereocenters. The summed E-state index contributed by atoms with van der Waals surface area (Å²) >= 11 is 0. The summed E-state index contributed by atoms with van der Waals surface area (Å²) in [5.74, 6) is 2.52. The van der Waals surface area contributed by atoms with E-state index in [1.807, 2.05) is 31.2 Å². The van der Waals surface area contributed by atoms with E-state index in [-0.39, 0.29) is 30.1 Å². The minimum Gasteiger partial charge on any atom is -0.370 e. The van der Waals surface area contributed by atoms with Gasteiger partial charge >= 0.3 is 0 Å². The molecule has 7 nitrogen and oxygen atoms in total. The van der Waals surface area contributed by atoms with Crippen LogP contribution >= 0.6 is 24.0 Å². The lowest BCUT2D eigenvalue weighted by Crippen LogP contribution is -2.47. The molecule has 3 unspecified atom stereocenters. The predicted molar refractivity (Wildman–Crippen MR) is 144 cm³/mol. The molecule has 0 spiro atoms. The Balaban J connectivity index is 0.00000306. The molecule has 0 aliphatic carbocycles. The quantitative estimate of drug-likeness (QED) is 0.340. The van der Waals surface area contributed by atoms with Crippen molar-refractivity contribution >= 4 is 29.9 Å². The van der Waals surface area contributed by atoms with E-state index in [0.717, 1.165) is 49.5 Å². The van der Waals surface area contributed by atoms with E-state index < -0.39 is 0 Å². The first-order chi connectivity index (χ1) is 15.5. The van der Waals surface area contributed by atoms with Crippen molar-refractivity contribution in [2.75, 3.05) is 39.8 Å². The molecule has 3 heterocycles. The number of aliphatic imine (C=N–C) groups is 1. The molecule has 2 aromatic rings. The van der Waals surface area contributed by atoms with E-state index in [4.69, 9.17) is 4.74 Å². The van der Waals surface area contributed by atoms with E-state index in [9.17, 15) is 0 Å². The lowest BCUT2D eigenvalue weighted by Gasteiger charge is -2.35. The van der Waals surface area contributed by atoms with Crippen molar-refractivity contribution in [3.63, 3.8) is 0 Å². The van der Waals surface area contributed by atoms with Crippen LogP contribution in [0.3, 0.4) is 0 Å². The Bertz CT molecular complexity index is 889. The molecule has 1 N–H and O–H groups in total. The molecule has 2 aliphatic heterocycles. The van der Waals surface area contributed by atoms with Crippen LogP contribution in [0.4, 0.5) is 0 Å². The number of rotatable bonds is 5. The van der Waals surface area contributed by atoms with Gasteiger partial charge in [-0.05, 0) is 29.4 Å². The first kappa shape index (κ1) is 26.0. The zero-order chi connectivity index (χ0) is 22.5. The third-order valence-electron chi connectivity index (χ3n) is 6.50. The van der Waals surface area contributed by atoms with Gasteiger partial charge in [0, 0.05) is 58.6 Å². The lowest BCUT2D eigenvalue weighted by molar-refractivity contribution is -0.00805. The number of benzene rings is 1. The molecule has 0 saturated carbocycles. The van der Waals surface area contributed by atoms with Gasteiger partial charge in [-0.15, -0.1) is 24.0 Å². The van der Waals surface area contributed by atoms with Crippen LogP contribution in [-0.4, -0.2) is 65.4 Å². The summed E-state index contributed by atoms with van der Waals surface area (Å²) in [6, 6.07) is 9.03. The van der Waals surface area contributed by atoms with Gasteiger partial charge < -0.3 is 15.0 Å². The van der Waals surface area contributed by atoms with Gasteiger partial charge in [-0.25, -0.2) is 0 Å². The fourth-order valence-corrected chi connectivity index (χ4v) is 5.10. The fraction of sp³-hybridized carbons (Fsp3) is 0.600. The number of morpholine rings is 1. The van der Waals surface area contributed by atoms with Crippen molar-refractivity contribution in [1.29, 1.82) is 0 Å². The molecule has 1 aromatic heterocycles. The Morgan fingerprint density at radius 3 is 2.45 bits per heavy atom. The molecule has 2 fully saturated rings. The smallest absolute Gasteiger partial charge is 0.194 e. The highest BCUT2D eigenvalue weighted by Gasteiger charge is 2.25. The van der Waals surface area contributed by atoms with Gasteiger partial charge in [-0.2, -0.15) is 5.10 Å². The van der Waals surface area contributed by atoms with Crippen molar-refractivity contribution < 1.29 is 4.74 Å². The maximum absolute atomic E-state index is 5.97. The first-order valence-electron chi connectivity index (χ1n) is 11.9. The van der Waals surface area contributed by atoms with Crippen molar-refractivity contribution in [2.45, 2.75) is 39.5 Å². The maximum atomic E-state index is 5.97. The number of ether oxygens (including phenoxy) is 1. The highest BCUT2D eigenvalue weighted by Crippen LogP contribution is 2.23.